The molecule has 9 nitrogen and oxygen atoms in total. The lowest BCUT2D eigenvalue weighted by molar-refractivity contribution is 0.145. The maximum absolute atomic E-state index is 12.3. The molecule has 1 saturated heterocycles. The third kappa shape index (κ3) is 6.08. The van der Waals surface area contributed by atoms with E-state index in [0.29, 0.717) is 36.7 Å². The number of benzene rings is 1. The van der Waals surface area contributed by atoms with Gasteiger partial charge in [-0.1, -0.05) is 19.1 Å². The minimum Gasteiger partial charge on any atom is -0.384 e. The van der Waals surface area contributed by atoms with Gasteiger partial charge in [-0.3, -0.25) is 0 Å². The number of hydrogen-bond donors (Lipinski definition) is 1. The topological polar surface area (TPSA) is 95.8 Å². The van der Waals surface area contributed by atoms with Gasteiger partial charge in [-0.15, -0.1) is 0 Å². The van der Waals surface area contributed by atoms with Crippen molar-refractivity contribution in [3.05, 3.63) is 59.3 Å². The Morgan fingerprint density at radius 2 is 1.95 bits per heavy atom. The minimum atomic E-state index is -2.33. The molecule has 0 unspecified atom stereocenters. The number of aromatic nitrogens is 3. The second kappa shape index (κ2) is 10.8. The molecular weight excluding hydrogens is 510 g/mol. The summed E-state index contributed by atoms with van der Waals surface area (Å²) in [6, 6.07) is 12.1. The number of pyridine rings is 1. The summed E-state index contributed by atoms with van der Waals surface area (Å²) in [4.78, 5) is 18.8. The lowest BCUT2D eigenvalue weighted by Crippen LogP contribution is -2.33. The summed E-state index contributed by atoms with van der Waals surface area (Å²) in [7, 11) is 1.57. The number of nitrogens with one attached hydrogen (secondary N) is 1. The van der Waals surface area contributed by atoms with Crippen LogP contribution in [0.5, 0.6) is 0 Å². The normalized spacial score (nSPS) is 20.2. The first-order chi connectivity index (χ1) is 18.5. The van der Waals surface area contributed by atoms with E-state index in [1.807, 2.05) is 18.3 Å². The fourth-order valence-electron chi connectivity index (χ4n) is 5.70. The average molecular weight is 550 g/mol. The third-order valence-corrected chi connectivity index (χ3v) is 8.27. The summed E-state index contributed by atoms with van der Waals surface area (Å²) in [5.41, 5.74) is 4.38. The highest BCUT2D eigenvalue weighted by Crippen LogP contribution is 2.43. The number of aryl methyl sites for hydroxylation is 1. The molecule has 4 heterocycles. The van der Waals surface area contributed by atoms with Crippen molar-refractivity contribution in [3.63, 3.8) is 0 Å². The van der Waals surface area contributed by atoms with Gasteiger partial charge in [0.25, 0.3) is 0 Å². The average Bonchev–Trinajstić information content (AvgIpc) is 3.16. The van der Waals surface area contributed by atoms with Crippen LogP contribution >= 0.6 is 0 Å². The Balaban J connectivity index is 1.45. The molecule has 5 rings (SSSR count). The van der Waals surface area contributed by atoms with Crippen molar-refractivity contribution in [1.82, 2.24) is 19.9 Å². The van der Waals surface area contributed by atoms with Gasteiger partial charge < -0.3 is 19.9 Å². The van der Waals surface area contributed by atoms with Crippen LogP contribution in [0.3, 0.4) is 0 Å². The van der Waals surface area contributed by atoms with Gasteiger partial charge in [0.15, 0.2) is 5.82 Å². The van der Waals surface area contributed by atoms with Crippen molar-refractivity contribution in [2.24, 2.45) is 4.36 Å². The molecule has 3 aromatic rings. The summed E-state index contributed by atoms with van der Waals surface area (Å²) < 4.78 is 22.2. The maximum Gasteiger partial charge on any atom is 0.229 e. The first-order valence-electron chi connectivity index (χ1n) is 13.4. The molecule has 2 aliphatic rings. The summed E-state index contributed by atoms with van der Waals surface area (Å²) >= 11 is 0. The number of piperidine rings is 1. The Kier molecular flexibility index (Phi) is 7.63. The second-order valence-corrected chi connectivity index (χ2v) is 14.0. The summed E-state index contributed by atoms with van der Waals surface area (Å²) in [6.45, 7) is 7.78. The molecule has 0 aliphatic carbocycles. The van der Waals surface area contributed by atoms with Crippen molar-refractivity contribution >= 4 is 38.8 Å². The van der Waals surface area contributed by atoms with Crippen molar-refractivity contribution in [3.8, 4) is 0 Å². The van der Waals surface area contributed by atoms with Crippen LogP contribution in [0.4, 0.5) is 29.1 Å². The fourth-order valence-corrected chi connectivity index (χ4v) is 6.26. The number of hydrogen-bond acceptors (Lipinski definition) is 9. The molecule has 0 bridgehead atoms. The zero-order valence-electron chi connectivity index (χ0n) is 23.8. The summed E-state index contributed by atoms with van der Waals surface area (Å²) in [5.74, 6) is 3.06. The van der Waals surface area contributed by atoms with Crippen molar-refractivity contribution < 1.29 is 8.95 Å². The molecule has 10 heteroatoms. The number of methoxy groups -OCH3 is 1. The van der Waals surface area contributed by atoms with Gasteiger partial charge in [0.1, 0.15) is 11.6 Å². The smallest absolute Gasteiger partial charge is 0.229 e. The van der Waals surface area contributed by atoms with Crippen LogP contribution < -0.4 is 10.2 Å². The van der Waals surface area contributed by atoms with E-state index >= 15 is 0 Å². The van der Waals surface area contributed by atoms with Crippen LogP contribution in [0.15, 0.2) is 47.0 Å². The van der Waals surface area contributed by atoms with E-state index in [1.54, 1.807) is 25.7 Å². The Labute approximate surface area is 232 Å². The molecule has 1 atom stereocenters. The largest absolute Gasteiger partial charge is 0.384 e. The highest BCUT2D eigenvalue weighted by Gasteiger charge is 2.42. The second-order valence-electron chi connectivity index (χ2n) is 11.4. The Hall–Kier alpha value is -3.08. The van der Waals surface area contributed by atoms with Gasteiger partial charge >= 0.3 is 0 Å². The molecule has 2 aliphatic heterocycles. The minimum absolute atomic E-state index is 0.313. The SMILES string of the molecule is COC[C@@]1(C)CN(c2cccc(N=S(C)(C)=O)n2)c2nc(Nc3ccc(C4CCN(C)CC4)c(C)c3)ncc21. The van der Waals surface area contributed by atoms with E-state index in [1.165, 1.54) is 24.0 Å². The lowest BCUT2D eigenvalue weighted by atomic mass is 9.87. The van der Waals surface area contributed by atoms with E-state index in [-0.39, 0.29) is 5.41 Å². The van der Waals surface area contributed by atoms with E-state index in [4.69, 9.17) is 14.7 Å². The zero-order chi connectivity index (χ0) is 27.8. The number of fused-ring (bicyclic) bond motifs is 1. The van der Waals surface area contributed by atoms with Gasteiger partial charge in [-0.25, -0.2) is 14.2 Å². The van der Waals surface area contributed by atoms with E-state index in [0.717, 1.165) is 30.2 Å². The molecule has 0 amide bonds. The highest BCUT2D eigenvalue weighted by molar-refractivity contribution is 7.92. The van der Waals surface area contributed by atoms with Crippen LogP contribution in [-0.4, -0.2) is 77.0 Å². The van der Waals surface area contributed by atoms with Gasteiger partial charge in [-0.05, 0) is 81.2 Å². The molecule has 2 aromatic heterocycles. The third-order valence-electron chi connectivity index (χ3n) is 7.64. The number of anilines is 4. The van der Waals surface area contributed by atoms with Crippen LogP contribution in [0.2, 0.25) is 0 Å². The van der Waals surface area contributed by atoms with Crippen molar-refractivity contribution in [2.75, 3.05) is 63.1 Å². The molecule has 1 N–H and O–H groups in total. The Bertz CT molecular complexity index is 1470. The molecule has 1 aromatic carbocycles. The predicted octanol–water partition coefficient (Wildman–Crippen LogP) is 5.15. The first kappa shape index (κ1) is 27.5. The molecule has 1 fully saturated rings. The van der Waals surface area contributed by atoms with Crippen LogP contribution in [-0.2, 0) is 19.9 Å². The van der Waals surface area contributed by atoms with Crippen molar-refractivity contribution in [2.45, 2.75) is 38.0 Å². The summed E-state index contributed by atoms with van der Waals surface area (Å²) in [5, 5.41) is 3.42. The Morgan fingerprint density at radius 3 is 2.64 bits per heavy atom. The number of likely N-dealkylation sites (tertiary alicyclic amines) is 1. The molecule has 208 valence electrons. The van der Waals surface area contributed by atoms with Gasteiger partial charge in [0, 0.05) is 58.8 Å². The quantitative estimate of drug-likeness (QED) is 0.432. The Morgan fingerprint density at radius 1 is 1.18 bits per heavy atom. The predicted molar refractivity (Wildman–Crippen MR) is 159 cm³/mol. The maximum atomic E-state index is 12.3. The van der Waals surface area contributed by atoms with Gasteiger partial charge in [0.2, 0.25) is 5.95 Å². The molecule has 0 radical (unpaired) electrons. The van der Waals surface area contributed by atoms with Gasteiger partial charge in [0.05, 0.1) is 6.61 Å². The van der Waals surface area contributed by atoms with Gasteiger partial charge in [-0.2, -0.15) is 9.35 Å². The molecule has 39 heavy (non-hydrogen) atoms. The fraction of sp³-hybridized carbons (Fsp3) is 0.483. The lowest BCUT2D eigenvalue weighted by Gasteiger charge is -2.30. The van der Waals surface area contributed by atoms with E-state index < -0.39 is 9.73 Å². The van der Waals surface area contributed by atoms with E-state index in [2.05, 4.69) is 63.6 Å². The first-order valence-corrected chi connectivity index (χ1v) is 15.7. The molecule has 0 spiro atoms. The summed E-state index contributed by atoms with van der Waals surface area (Å²) in [6.07, 6.45) is 7.50. The van der Waals surface area contributed by atoms with Crippen LogP contribution in [0, 0.1) is 6.92 Å². The van der Waals surface area contributed by atoms with Crippen LogP contribution in [0.1, 0.15) is 42.4 Å². The zero-order valence-corrected chi connectivity index (χ0v) is 24.6. The number of ether oxygens (including phenoxy) is 1. The van der Waals surface area contributed by atoms with Crippen LogP contribution in [0.25, 0.3) is 0 Å². The number of rotatable bonds is 7. The molecule has 0 saturated carbocycles. The molecular formula is C29H39N7O2S. The standard InChI is InChI=1S/C29H39N7O2S/c1-20-16-22(10-11-23(20)21-12-14-35(3)15-13-21)31-28-30-17-24-27(33-28)36(18-29(24,2)19-38-4)26-9-7-8-25(32-26)34-39(5,6)37/h7-11,16-17,21H,12-15,18-19H2,1-6H3,(H,30,31,33)/t29-/m1/s1. The monoisotopic (exact) mass is 549 g/mol. The van der Waals surface area contributed by atoms with E-state index in [9.17, 15) is 4.21 Å². The number of nitrogens with zero attached hydrogens (tertiary/aromatic N) is 6. The highest BCUT2D eigenvalue weighted by atomic mass is 32.2. The van der Waals surface area contributed by atoms with Crippen molar-refractivity contribution in [1.29, 1.82) is 0 Å².